The number of carboxylic acids is 1. The van der Waals surface area contributed by atoms with Crippen molar-refractivity contribution < 1.29 is 32.6 Å². The van der Waals surface area contributed by atoms with E-state index in [1.54, 1.807) is 43.1 Å². The number of anilines is 1. The van der Waals surface area contributed by atoms with Gasteiger partial charge in [0.25, 0.3) is 0 Å². The number of nitrogens with zero attached hydrogens (tertiary/aromatic N) is 2. The molecule has 4 rings (SSSR count). The predicted molar refractivity (Wildman–Crippen MR) is 172 cm³/mol. The van der Waals surface area contributed by atoms with Crippen LogP contribution in [0.3, 0.4) is 0 Å². The fraction of sp³-hybridized carbons (Fsp3) is 0.375. The molecule has 0 aliphatic carbocycles. The maximum Gasteiger partial charge on any atom is 0.323 e. The van der Waals surface area contributed by atoms with E-state index in [1.165, 1.54) is 0 Å². The first-order chi connectivity index (χ1) is 21.9. The summed E-state index contributed by atoms with van der Waals surface area (Å²) < 4.78 is 34.2. The van der Waals surface area contributed by atoms with Gasteiger partial charge in [0, 0.05) is 32.4 Å². The first kappa shape index (κ1) is 34.3. The molecule has 3 atom stereocenters. The molecule has 1 aliphatic heterocycles. The van der Waals surface area contributed by atoms with Crippen LogP contribution in [0.4, 0.5) is 10.6 Å². The van der Waals surface area contributed by atoms with Gasteiger partial charge in [-0.1, -0.05) is 54.1 Å². The number of hydrogen-bond acceptors (Lipinski definition) is 8. The summed E-state index contributed by atoms with van der Waals surface area (Å²) in [5.41, 5.74) is 2.80. The number of carbonyl (C=O) groups is 3. The van der Waals surface area contributed by atoms with Crippen LogP contribution in [0.2, 0.25) is 0 Å². The highest BCUT2D eigenvalue weighted by atomic mass is 32.2. The topological polar surface area (TPSA) is 179 Å². The number of sulfonamides is 1. The van der Waals surface area contributed by atoms with Gasteiger partial charge in [-0.05, 0) is 56.0 Å². The monoisotopic (exact) mass is 652 g/mol. The molecule has 0 radical (unpaired) electrons. The zero-order chi connectivity index (χ0) is 33.3. The molecule has 0 bridgehead atoms. The number of hydrogen-bond donors (Lipinski definition) is 5. The maximum absolute atomic E-state index is 13.2. The van der Waals surface area contributed by atoms with Crippen LogP contribution in [-0.4, -0.2) is 85.7 Å². The summed E-state index contributed by atoms with van der Waals surface area (Å²) in [6.07, 6.45) is 1.64. The molecule has 2 aromatic carbocycles. The summed E-state index contributed by atoms with van der Waals surface area (Å²) in [5.74, 6) is -1.40. The number of rotatable bonds is 14. The lowest BCUT2D eigenvalue weighted by Crippen LogP contribution is -2.49. The second-order valence-electron chi connectivity index (χ2n) is 11.3. The number of urea groups is 1. The van der Waals surface area contributed by atoms with E-state index in [0.717, 1.165) is 11.1 Å². The highest BCUT2D eigenvalue weighted by Gasteiger charge is 2.36. The lowest BCUT2D eigenvalue weighted by Gasteiger charge is -2.25. The quantitative estimate of drug-likeness (QED) is 0.175. The number of nitrogens with one attached hydrogen (secondary N) is 4. The van der Waals surface area contributed by atoms with E-state index in [9.17, 15) is 27.9 Å². The molecular formula is C32H40N6O7S. The minimum absolute atomic E-state index is 0.00434. The van der Waals surface area contributed by atoms with Crippen molar-refractivity contribution in [2.45, 2.75) is 56.8 Å². The maximum atomic E-state index is 13.2. The summed E-state index contributed by atoms with van der Waals surface area (Å²) >= 11 is 0. The molecule has 5 N–H and O–H groups in total. The van der Waals surface area contributed by atoms with Crippen molar-refractivity contribution in [3.63, 3.8) is 0 Å². The number of carbonyl (C=O) groups excluding carboxylic acids is 2. The van der Waals surface area contributed by atoms with Gasteiger partial charge in [0.15, 0.2) is 0 Å². The van der Waals surface area contributed by atoms with Gasteiger partial charge in [0.1, 0.15) is 18.5 Å². The van der Waals surface area contributed by atoms with Gasteiger partial charge in [-0.15, -0.1) is 0 Å². The second kappa shape index (κ2) is 15.7. The minimum atomic E-state index is -4.19. The van der Waals surface area contributed by atoms with Crippen molar-refractivity contribution >= 4 is 33.7 Å². The van der Waals surface area contributed by atoms with Gasteiger partial charge in [-0.25, -0.2) is 18.2 Å². The summed E-state index contributed by atoms with van der Waals surface area (Å²) in [4.78, 5) is 43.6. The standard InChI is InChI=1S/C32H40N6O7S/c1-21-13-22(2)30(23(3)14-21)46(43,44)37-27(31(40)41)18-35-29(39)20-45-26-15-25(17-34-28-11-7-8-12-33-28)38(19-26)32(42)36-16-24-9-5-4-6-10-24/h4-14,25-27,37H,15-20H2,1-3H3,(H,33,34)(H,35,39)(H,36,42)(H,40,41). The van der Waals surface area contributed by atoms with E-state index in [2.05, 4.69) is 25.7 Å². The molecule has 14 heteroatoms. The van der Waals surface area contributed by atoms with Gasteiger partial charge < -0.3 is 30.7 Å². The smallest absolute Gasteiger partial charge is 0.323 e. The van der Waals surface area contributed by atoms with E-state index >= 15 is 0 Å². The lowest BCUT2D eigenvalue weighted by molar-refractivity contribution is -0.139. The third-order valence-electron chi connectivity index (χ3n) is 7.53. The van der Waals surface area contributed by atoms with Crippen LogP contribution in [-0.2, 0) is 30.9 Å². The summed E-state index contributed by atoms with van der Waals surface area (Å²) in [6, 6.07) is 16.3. The molecular weight excluding hydrogens is 612 g/mol. The third-order valence-corrected chi connectivity index (χ3v) is 9.31. The first-order valence-corrected chi connectivity index (χ1v) is 16.4. The Kier molecular flexibility index (Phi) is 11.7. The van der Waals surface area contributed by atoms with Crippen molar-refractivity contribution in [1.82, 2.24) is 25.2 Å². The van der Waals surface area contributed by atoms with E-state index in [0.29, 0.717) is 36.5 Å². The van der Waals surface area contributed by atoms with Crippen LogP contribution < -0.4 is 20.7 Å². The fourth-order valence-electron chi connectivity index (χ4n) is 5.48. The average molecular weight is 653 g/mol. The minimum Gasteiger partial charge on any atom is -0.480 e. The largest absolute Gasteiger partial charge is 0.480 e. The molecule has 3 unspecified atom stereocenters. The van der Waals surface area contributed by atoms with Crippen LogP contribution in [0, 0.1) is 20.8 Å². The fourth-order valence-corrected chi connectivity index (χ4v) is 7.12. The van der Waals surface area contributed by atoms with Gasteiger partial charge >= 0.3 is 12.0 Å². The van der Waals surface area contributed by atoms with Crippen molar-refractivity contribution in [2.24, 2.45) is 0 Å². The number of pyridine rings is 1. The third kappa shape index (κ3) is 9.49. The Hall–Kier alpha value is -4.53. The number of aromatic nitrogens is 1. The molecule has 0 saturated carbocycles. The Bertz CT molecular complexity index is 1600. The van der Waals surface area contributed by atoms with Crippen LogP contribution >= 0.6 is 0 Å². The average Bonchev–Trinajstić information content (AvgIpc) is 3.43. The summed E-state index contributed by atoms with van der Waals surface area (Å²) in [5, 5.41) is 18.3. The van der Waals surface area contributed by atoms with Crippen LogP contribution in [0.5, 0.6) is 0 Å². The molecule has 13 nitrogen and oxygen atoms in total. The van der Waals surface area contributed by atoms with Crippen molar-refractivity contribution in [2.75, 3.05) is 31.6 Å². The molecule has 2 heterocycles. The van der Waals surface area contributed by atoms with Gasteiger partial charge in [-0.2, -0.15) is 4.72 Å². The Morgan fingerprint density at radius 3 is 2.37 bits per heavy atom. The molecule has 1 aromatic heterocycles. The number of benzene rings is 2. The van der Waals surface area contributed by atoms with Gasteiger partial charge in [0.2, 0.25) is 15.9 Å². The number of aliphatic carboxylic acids is 1. The highest BCUT2D eigenvalue weighted by Crippen LogP contribution is 2.23. The molecule has 3 aromatic rings. The Morgan fingerprint density at radius 1 is 1.02 bits per heavy atom. The highest BCUT2D eigenvalue weighted by molar-refractivity contribution is 7.89. The normalized spacial score (nSPS) is 16.9. The molecule has 1 saturated heterocycles. The van der Waals surface area contributed by atoms with Crippen LogP contribution in [0.25, 0.3) is 0 Å². The Morgan fingerprint density at radius 2 is 1.72 bits per heavy atom. The number of aryl methyl sites for hydroxylation is 3. The predicted octanol–water partition coefficient (Wildman–Crippen LogP) is 2.34. The molecule has 46 heavy (non-hydrogen) atoms. The molecule has 1 fully saturated rings. The Labute approximate surface area is 268 Å². The van der Waals surface area contributed by atoms with Crippen molar-refractivity contribution in [1.29, 1.82) is 0 Å². The number of amides is 3. The summed E-state index contributed by atoms with van der Waals surface area (Å²) in [7, 11) is -4.19. The molecule has 0 spiro atoms. The van der Waals surface area contributed by atoms with E-state index in [4.69, 9.17) is 4.74 Å². The van der Waals surface area contributed by atoms with Gasteiger partial charge in [-0.3, -0.25) is 9.59 Å². The SMILES string of the molecule is Cc1cc(C)c(S(=O)(=O)NC(CNC(=O)COC2CC(CNc3ccccn3)N(C(=O)NCc3ccccc3)C2)C(=O)O)c(C)c1. The molecule has 3 amide bonds. The number of likely N-dealkylation sites (tertiary alicyclic amines) is 1. The van der Waals surface area contributed by atoms with Crippen molar-refractivity contribution in [3.05, 3.63) is 89.1 Å². The summed E-state index contributed by atoms with van der Waals surface area (Å²) in [6.45, 7) is 5.21. The number of ether oxygens (including phenoxy) is 1. The number of carboxylic acid groups (broad SMARTS) is 1. The zero-order valence-corrected chi connectivity index (χ0v) is 26.8. The van der Waals surface area contributed by atoms with E-state index in [1.807, 2.05) is 49.4 Å². The van der Waals surface area contributed by atoms with E-state index in [-0.39, 0.29) is 23.5 Å². The lowest BCUT2D eigenvalue weighted by atomic mass is 10.1. The first-order valence-electron chi connectivity index (χ1n) is 14.9. The van der Waals surface area contributed by atoms with Crippen molar-refractivity contribution in [3.8, 4) is 0 Å². The molecule has 1 aliphatic rings. The van der Waals surface area contributed by atoms with Gasteiger partial charge in [0.05, 0.1) is 17.0 Å². The van der Waals surface area contributed by atoms with Crippen LogP contribution in [0.15, 0.2) is 71.8 Å². The molecule has 246 valence electrons. The zero-order valence-electron chi connectivity index (χ0n) is 26.0. The second-order valence-corrected chi connectivity index (χ2v) is 12.9. The van der Waals surface area contributed by atoms with E-state index < -0.39 is 47.2 Å². The Balaban J connectivity index is 1.32. The van der Waals surface area contributed by atoms with Crippen LogP contribution in [0.1, 0.15) is 28.7 Å².